The smallest absolute Gasteiger partial charge is 0.335 e. The summed E-state index contributed by atoms with van der Waals surface area (Å²) in [6, 6.07) is 28.0. The lowest BCUT2D eigenvalue weighted by molar-refractivity contribution is -0.134. The van der Waals surface area contributed by atoms with Crippen molar-refractivity contribution < 1.29 is 37.7 Å². The molecule has 0 amide bonds. The highest BCUT2D eigenvalue weighted by Gasteiger charge is 2.14. The highest BCUT2D eigenvalue weighted by molar-refractivity contribution is 5.89. The minimum Gasteiger partial charge on any atom is -0.497 e. The van der Waals surface area contributed by atoms with Crippen molar-refractivity contribution in [3.05, 3.63) is 134 Å². The molecule has 0 saturated heterocycles. The Hall–Kier alpha value is -6.02. The maximum Gasteiger partial charge on any atom is 0.335 e. The lowest BCUT2D eigenvalue weighted by atomic mass is 9.97. The molecular weight excluding hydrogens is 587 g/mol. The Kier molecular flexibility index (Phi) is 9.68. The minimum absolute atomic E-state index is 0.000120. The molecule has 0 saturated carbocycles. The number of fused-ring (bicyclic) bond motifs is 1. The predicted octanol–water partition coefficient (Wildman–Crippen LogP) is 8.04. The second kappa shape index (κ2) is 14.2. The van der Waals surface area contributed by atoms with Crippen molar-refractivity contribution in [2.75, 3.05) is 7.11 Å². The average molecular weight is 617 g/mol. The number of rotatable bonds is 11. The summed E-state index contributed by atoms with van der Waals surface area (Å²) >= 11 is 0. The predicted molar refractivity (Wildman–Crippen MR) is 173 cm³/mol. The first-order valence-corrected chi connectivity index (χ1v) is 14.3. The number of esters is 3. The van der Waals surface area contributed by atoms with E-state index in [1.54, 1.807) is 43.5 Å². The van der Waals surface area contributed by atoms with E-state index in [4.69, 9.17) is 18.9 Å². The Morgan fingerprint density at radius 2 is 1.26 bits per heavy atom. The molecule has 230 valence electrons. The molecule has 0 bridgehead atoms. The van der Waals surface area contributed by atoms with Gasteiger partial charge in [-0.3, -0.25) is 4.79 Å². The number of halogens is 1. The molecule has 0 aliphatic carbocycles. The van der Waals surface area contributed by atoms with Gasteiger partial charge in [0.15, 0.2) is 11.5 Å². The number of aryl methyl sites for hydroxylation is 1. The van der Waals surface area contributed by atoms with Gasteiger partial charge in [0.25, 0.3) is 0 Å². The Morgan fingerprint density at radius 1 is 0.652 bits per heavy atom. The summed E-state index contributed by atoms with van der Waals surface area (Å²) in [6.45, 7) is 6.70. The third-order valence-corrected chi connectivity index (χ3v) is 7.13. The first kappa shape index (κ1) is 31.4. The van der Waals surface area contributed by atoms with E-state index in [0.29, 0.717) is 22.4 Å². The molecule has 5 aromatic carbocycles. The van der Waals surface area contributed by atoms with E-state index < -0.39 is 17.9 Å². The van der Waals surface area contributed by atoms with Crippen molar-refractivity contribution in [1.82, 2.24) is 0 Å². The topological polar surface area (TPSA) is 88.1 Å². The molecule has 7 nitrogen and oxygen atoms in total. The van der Waals surface area contributed by atoms with Crippen LogP contribution in [0.15, 0.2) is 122 Å². The number of hydrogen-bond acceptors (Lipinski definition) is 7. The van der Waals surface area contributed by atoms with Crippen LogP contribution in [0.25, 0.3) is 33.0 Å². The second-order valence-electron chi connectivity index (χ2n) is 10.2. The number of methoxy groups -OCH3 is 1. The highest BCUT2D eigenvalue weighted by Crippen LogP contribution is 2.32. The number of ether oxygens (including phenoxy) is 4. The lowest BCUT2D eigenvalue weighted by Gasteiger charge is -2.11. The Labute approximate surface area is 265 Å². The van der Waals surface area contributed by atoms with Crippen LogP contribution in [0.5, 0.6) is 23.0 Å². The van der Waals surface area contributed by atoms with Crippen molar-refractivity contribution in [1.29, 1.82) is 0 Å². The highest BCUT2D eigenvalue weighted by atomic mass is 19.1. The van der Waals surface area contributed by atoms with Gasteiger partial charge in [0.05, 0.1) is 7.11 Å². The molecule has 5 rings (SSSR count). The van der Waals surface area contributed by atoms with Gasteiger partial charge in [-0.25, -0.2) is 14.0 Å². The summed E-state index contributed by atoms with van der Waals surface area (Å²) in [4.78, 5) is 35.9. The van der Waals surface area contributed by atoms with Gasteiger partial charge in [-0.05, 0) is 88.0 Å². The third kappa shape index (κ3) is 7.54. The SMILES string of the molecule is C=CC(=O)Oc1ccc(CCC(=O)Oc2ccc(-c3ccc(-c4ccc5cc(OC)ccc5c4)cc3F)cc2)cc1OC(=O)C=C. The molecular formula is C38H29FO7. The van der Waals surface area contributed by atoms with Crippen molar-refractivity contribution >= 4 is 28.7 Å². The van der Waals surface area contributed by atoms with E-state index in [2.05, 4.69) is 13.2 Å². The summed E-state index contributed by atoms with van der Waals surface area (Å²) in [6.07, 6.45) is 2.23. The van der Waals surface area contributed by atoms with Crippen LogP contribution in [0.4, 0.5) is 4.39 Å². The summed E-state index contributed by atoms with van der Waals surface area (Å²) in [7, 11) is 1.63. The molecule has 5 aromatic rings. The van der Waals surface area contributed by atoms with Gasteiger partial charge in [-0.2, -0.15) is 0 Å². The van der Waals surface area contributed by atoms with Gasteiger partial charge in [-0.1, -0.05) is 61.7 Å². The van der Waals surface area contributed by atoms with Crippen LogP contribution in [0, 0.1) is 5.82 Å². The number of carbonyl (C=O) groups excluding carboxylic acids is 3. The van der Waals surface area contributed by atoms with Crippen LogP contribution in [-0.4, -0.2) is 25.0 Å². The average Bonchev–Trinajstić information content (AvgIpc) is 3.08. The normalized spacial score (nSPS) is 10.6. The van der Waals surface area contributed by atoms with Gasteiger partial charge in [0.1, 0.15) is 17.3 Å². The van der Waals surface area contributed by atoms with Gasteiger partial charge in [0, 0.05) is 24.1 Å². The summed E-state index contributed by atoms with van der Waals surface area (Å²) < 4.78 is 36.3. The fourth-order valence-corrected chi connectivity index (χ4v) is 4.76. The molecule has 0 fully saturated rings. The van der Waals surface area contributed by atoms with Crippen molar-refractivity contribution in [3.8, 4) is 45.3 Å². The van der Waals surface area contributed by atoms with Crippen LogP contribution in [-0.2, 0) is 20.8 Å². The fraction of sp³-hybridized carbons (Fsp3) is 0.0789. The maximum atomic E-state index is 15.3. The van der Waals surface area contributed by atoms with Crippen LogP contribution in [0.1, 0.15) is 12.0 Å². The quantitative estimate of drug-likeness (QED) is 0.0843. The zero-order chi connectivity index (χ0) is 32.6. The second-order valence-corrected chi connectivity index (χ2v) is 10.2. The molecule has 0 unspecified atom stereocenters. The Balaban J connectivity index is 1.22. The Bertz CT molecular complexity index is 1960. The van der Waals surface area contributed by atoms with Crippen LogP contribution in [0.3, 0.4) is 0 Å². The molecule has 0 N–H and O–H groups in total. The van der Waals surface area contributed by atoms with Gasteiger partial charge >= 0.3 is 17.9 Å². The van der Waals surface area contributed by atoms with E-state index >= 15 is 4.39 Å². The van der Waals surface area contributed by atoms with E-state index in [1.165, 1.54) is 18.2 Å². The van der Waals surface area contributed by atoms with Gasteiger partial charge in [-0.15, -0.1) is 0 Å². The summed E-state index contributed by atoms with van der Waals surface area (Å²) in [5, 5.41) is 2.06. The molecule has 46 heavy (non-hydrogen) atoms. The standard InChI is InChI=1S/C38H29FO7/c1-4-36(40)45-34-18-6-24(20-35(34)46-37(41)5-2)7-19-38(42)44-30-14-10-25(11-15-30)32-17-13-29(23-33(32)39)26-8-9-28-22-31(43-3)16-12-27(28)21-26/h4-6,8-18,20-23H,1-2,7,19H2,3H3. The van der Waals surface area contributed by atoms with Crippen molar-refractivity contribution in [3.63, 3.8) is 0 Å². The largest absolute Gasteiger partial charge is 0.497 e. The zero-order valence-corrected chi connectivity index (χ0v) is 25.0. The summed E-state index contributed by atoms with van der Waals surface area (Å²) in [5.41, 5.74) is 3.34. The molecule has 0 aliphatic heterocycles. The van der Waals surface area contributed by atoms with Gasteiger partial charge in [0.2, 0.25) is 0 Å². The molecule has 0 aliphatic rings. The number of benzene rings is 5. The minimum atomic E-state index is -0.738. The van der Waals surface area contributed by atoms with Crippen molar-refractivity contribution in [2.45, 2.75) is 12.8 Å². The molecule has 8 heteroatoms. The number of hydrogen-bond donors (Lipinski definition) is 0. The molecule has 0 radical (unpaired) electrons. The van der Waals surface area contributed by atoms with Gasteiger partial charge < -0.3 is 18.9 Å². The first-order valence-electron chi connectivity index (χ1n) is 14.3. The fourth-order valence-electron chi connectivity index (χ4n) is 4.76. The zero-order valence-electron chi connectivity index (χ0n) is 25.0. The molecule has 0 spiro atoms. The Morgan fingerprint density at radius 3 is 1.96 bits per heavy atom. The van der Waals surface area contributed by atoms with E-state index in [-0.39, 0.29) is 30.2 Å². The molecule has 0 aromatic heterocycles. The molecule has 0 atom stereocenters. The lowest BCUT2D eigenvalue weighted by Crippen LogP contribution is -2.10. The number of carbonyl (C=O) groups is 3. The van der Waals surface area contributed by atoms with Crippen LogP contribution < -0.4 is 18.9 Å². The monoisotopic (exact) mass is 616 g/mol. The van der Waals surface area contributed by atoms with E-state index in [9.17, 15) is 14.4 Å². The van der Waals surface area contributed by atoms with Crippen molar-refractivity contribution in [2.24, 2.45) is 0 Å². The van der Waals surface area contributed by atoms with Crippen LogP contribution in [0.2, 0.25) is 0 Å². The van der Waals surface area contributed by atoms with E-state index in [0.717, 1.165) is 39.8 Å². The maximum absolute atomic E-state index is 15.3. The van der Waals surface area contributed by atoms with E-state index in [1.807, 2.05) is 42.5 Å². The first-order chi connectivity index (χ1) is 22.3. The van der Waals surface area contributed by atoms with Crippen LogP contribution >= 0.6 is 0 Å². The molecule has 0 heterocycles. The summed E-state index contributed by atoms with van der Waals surface area (Å²) in [5.74, 6) is -1.22. The third-order valence-electron chi connectivity index (χ3n) is 7.13.